The van der Waals surface area contributed by atoms with E-state index in [1.807, 2.05) is 12.1 Å². The van der Waals surface area contributed by atoms with Gasteiger partial charge in [-0.1, -0.05) is 0 Å². The first kappa shape index (κ1) is 13.8. The number of hydrogen-bond donors (Lipinski definition) is 3. The van der Waals surface area contributed by atoms with Gasteiger partial charge in [-0.25, -0.2) is 0 Å². The molecule has 0 fully saturated rings. The van der Waals surface area contributed by atoms with Crippen LogP contribution in [0.5, 0.6) is 0 Å². The van der Waals surface area contributed by atoms with Crippen molar-refractivity contribution in [1.82, 2.24) is 5.32 Å². The van der Waals surface area contributed by atoms with Crippen molar-refractivity contribution in [1.29, 1.82) is 0 Å². The van der Waals surface area contributed by atoms with E-state index in [9.17, 15) is 4.79 Å². The van der Waals surface area contributed by atoms with Crippen LogP contribution in [0.25, 0.3) is 0 Å². The summed E-state index contributed by atoms with van der Waals surface area (Å²) in [5.41, 5.74) is 2.10. The Morgan fingerprint density at radius 1 is 1.41 bits per heavy atom. The molecule has 6 heteroatoms. The van der Waals surface area contributed by atoms with Gasteiger partial charge in [-0.2, -0.15) is 0 Å². The van der Waals surface area contributed by atoms with E-state index >= 15 is 0 Å². The van der Waals surface area contributed by atoms with Crippen LogP contribution in [0.1, 0.15) is 46.6 Å². The lowest BCUT2D eigenvalue weighted by molar-refractivity contribution is -0.936. The van der Waals surface area contributed by atoms with Crippen LogP contribution < -0.4 is 15.5 Å². The van der Waals surface area contributed by atoms with Gasteiger partial charge in [0, 0.05) is 6.42 Å². The van der Waals surface area contributed by atoms with E-state index in [1.165, 1.54) is 10.4 Å². The predicted octanol–water partition coefficient (Wildman–Crippen LogP) is 1.54. The Kier molecular flexibility index (Phi) is 3.23. The summed E-state index contributed by atoms with van der Waals surface area (Å²) in [6.07, 6.45) is 2.33. The summed E-state index contributed by atoms with van der Waals surface area (Å²) in [5, 5.41) is 7.40. The Hall–Kier alpha value is -1.79. The SMILES string of the molecule is CC(C)[NH+]1CCc2c(sc3c2C(=O)N[C@H](c2ccco2)N3)C1. The van der Waals surface area contributed by atoms with E-state index in [0.717, 1.165) is 35.8 Å². The van der Waals surface area contributed by atoms with Crippen LogP contribution in [0, 0.1) is 0 Å². The Morgan fingerprint density at radius 2 is 2.27 bits per heavy atom. The van der Waals surface area contributed by atoms with Gasteiger partial charge in [0.05, 0.1) is 29.3 Å². The topological polar surface area (TPSA) is 58.7 Å². The van der Waals surface area contributed by atoms with Crippen molar-refractivity contribution in [2.45, 2.75) is 39.0 Å². The summed E-state index contributed by atoms with van der Waals surface area (Å²) >= 11 is 1.73. The second-order valence-electron chi connectivity index (χ2n) is 6.26. The highest BCUT2D eigenvalue weighted by molar-refractivity contribution is 7.16. The Labute approximate surface area is 133 Å². The monoisotopic (exact) mass is 318 g/mol. The molecule has 0 saturated carbocycles. The molecule has 0 saturated heterocycles. The molecule has 0 aromatic carbocycles. The smallest absolute Gasteiger partial charge is 0.256 e. The molecule has 5 nitrogen and oxygen atoms in total. The van der Waals surface area contributed by atoms with Crippen molar-refractivity contribution in [3.63, 3.8) is 0 Å². The first-order valence-electron chi connectivity index (χ1n) is 7.73. The van der Waals surface area contributed by atoms with Crippen molar-refractivity contribution >= 4 is 22.2 Å². The van der Waals surface area contributed by atoms with Crippen LogP contribution in [0.15, 0.2) is 22.8 Å². The molecule has 4 rings (SSSR count). The van der Waals surface area contributed by atoms with E-state index in [1.54, 1.807) is 22.5 Å². The van der Waals surface area contributed by atoms with Crippen molar-refractivity contribution < 1.29 is 14.1 Å². The van der Waals surface area contributed by atoms with Gasteiger partial charge in [0.15, 0.2) is 6.17 Å². The number of furan rings is 1. The van der Waals surface area contributed by atoms with Gasteiger partial charge < -0.3 is 20.0 Å². The van der Waals surface area contributed by atoms with E-state index in [4.69, 9.17) is 4.42 Å². The van der Waals surface area contributed by atoms with Crippen LogP contribution >= 0.6 is 11.3 Å². The van der Waals surface area contributed by atoms with Gasteiger partial charge in [0.25, 0.3) is 5.91 Å². The molecule has 3 N–H and O–H groups in total. The molecule has 2 aliphatic heterocycles. The Bertz CT molecular complexity index is 705. The summed E-state index contributed by atoms with van der Waals surface area (Å²) < 4.78 is 5.41. The number of carbonyl (C=O) groups is 1. The van der Waals surface area contributed by atoms with Gasteiger partial charge in [-0.3, -0.25) is 4.79 Å². The second-order valence-corrected chi connectivity index (χ2v) is 7.37. The number of thiophene rings is 1. The molecule has 2 aliphatic rings. The van der Waals surface area contributed by atoms with Crippen molar-refractivity contribution in [2.24, 2.45) is 0 Å². The van der Waals surface area contributed by atoms with E-state index in [2.05, 4.69) is 24.5 Å². The van der Waals surface area contributed by atoms with Gasteiger partial charge in [0.1, 0.15) is 17.3 Å². The zero-order valence-electron chi connectivity index (χ0n) is 12.7. The molecular weight excluding hydrogens is 298 g/mol. The van der Waals surface area contributed by atoms with Crippen LogP contribution in [0.4, 0.5) is 5.00 Å². The Morgan fingerprint density at radius 3 is 3.00 bits per heavy atom. The summed E-state index contributed by atoms with van der Waals surface area (Å²) in [4.78, 5) is 15.5. The fourth-order valence-electron chi connectivity index (χ4n) is 3.30. The minimum absolute atomic E-state index is 0.0145. The molecule has 22 heavy (non-hydrogen) atoms. The second kappa shape index (κ2) is 5.14. The first-order valence-corrected chi connectivity index (χ1v) is 8.55. The summed E-state index contributed by atoms with van der Waals surface area (Å²) in [7, 11) is 0. The minimum Gasteiger partial charge on any atom is -0.465 e. The number of nitrogens with one attached hydrogen (secondary N) is 3. The molecule has 2 aromatic rings. The number of rotatable bonds is 2. The van der Waals surface area contributed by atoms with Gasteiger partial charge in [-0.15, -0.1) is 11.3 Å². The largest absolute Gasteiger partial charge is 0.465 e. The van der Waals surface area contributed by atoms with Crippen molar-refractivity contribution in [2.75, 3.05) is 11.9 Å². The summed E-state index contributed by atoms with van der Waals surface area (Å²) in [6.45, 7) is 6.63. The molecule has 0 spiro atoms. The normalized spacial score (nSPS) is 23.7. The van der Waals surface area contributed by atoms with Gasteiger partial charge >= 0.3 is 0 Å². The molecular formula is C16H20N3O2S+. The lowest BCUT2D eigenvalue weighted by Crippen LogP contribution is -3.14. The van der Waals surface area contributed by atoms with Crippen molar-refractivity contribution in [3.8, 4) is 0 Å². The maximum absolute atomic E-state index is 12.5. The maximum Gasteiger partial charge on any atom is 0.256 e. The fraction of sp³-hybridized carbons (Fsp3) is 0.438. The molecule has 1 unspecified atom stereocenters. The van der Waals surface area contributed by atoms with Gasteiger partial charge in [-0.05, 0) is 31.5 Å². The average molecular weight is 318 g/mol. The molecule has 0 aliphatic carbocycles. The van der Waals surface area contributed by atoms with Crippen LogP contribution in [0.2, 0.25) is 0 Å². The Balaban J connectivity index is 1.67. The predicted molar refractivity (Wildman–Crippen MR) is 85.2 cm³/mol. The van der Waals surface area contributed by atoms with Crippen LogP contribution in [-0.4, -0.2) is 18.5 Å². The number of carbonyl (C=O) groups excluding carboxylic acids is 1. The van der Waals surface area contributed by atoms with E-state index in [-0.39, 0.29) is 12.1 Å². The van der Waals surface area contributed by atoms with Gasteiger partial charge in [0.2, 0.25) is 0 Å². The molecule has 0 radical (unpaired) electrons. The fourth-order valence-corrected chi connectivity index (χ4v) is 4.63. The summed E-state index contributed by atoms with van der Waals surface area (Å²) in [6, 6.07) is 4.33. The highest BCUT2D eigenvalue weighted by Crippen LogP contribution is 2.39. The zero-order chi connectivity index (χ0) is 15.3. The number of hydrogen-bond acceptors (Lipinski definition) is 4. The highest BCUT2D eigenvalue weighted by atomic mass is 32.1. The third-order valence-corrected chi connectivity index (χ3v) is 5.76. The first-order chi connectivity index (χ1) is 10.6. The number of anilines is 1. The maximum atomic E-state index is 12.5. The van der Waals surface area contributed by atoms with E-state index < -0.39 is 0 Å². The lowest BCUT2D eigenvalue weighted by Gasteiger charge is -2.28. The average Bonchev–Trinajstić information content (AvgIpc) is 3.13. The van der Waals surface area contributed by atoms with Crippen molar-refractivity contribution in [3.05, 3.63) is 40.2 Å². The standard InChI is InChI=1S/C16H19N3O2S/c1-9(2)19-6-5-10-12(8-19)22-16-13(10)15(20)17-14(18-16)11-4-3-7-21-11/h3-4,7,9,14,18H,5-6,8H2,1-2H3,(H,17,20)/p+1/t14-/m0/s1. The number of fused-ring (bicyclic) bond motifs is 3. The molecule has 116 valence electrons. The van der Waals surface area contributed by atoms with E-state index in [0.29, 0.717) is 6.04 Å². The number of quaternary nitrogens is 1. The third kappa shape index (κ3) is 2.14. The lowest BCUT2D eigenvalue weighted by atomic mass is 10.0. The summed E-state index contributed by atoms with van der Waals surface area (Å²) in [5.74, 6) is 0.750. The zero-order valence-corrected chi connectivity index (χ0v) is 13.5. The van der Waals surface area contributed by atoms with Crippen LogP contribution in [-0.2, 0) is 13.0 Å². The molecule has 2 aromatic heterocycles. The quantitative estimate of drug-likeness (QED) is 0.787. The van der Waals surface area contributed by atoms with Crippen LogP contribution in [0.3, 0.4) is 0 Å². The molecule has 0 bridgehead atoms. The third-order valence-electron chi connectivity index (χ3n) is 4.60. The molecule has 2 atom stereocenters. The minimum atomic E-state index is -0.274. The highest BCUT2D eigenvalue weighted by Gasteiger charge is 2.35. The molecule has 4 heterocycles. The number of amides is 1. The molecule has 1 amide bonds.